The zero-order valence-corrected chi connectivity index (χ0v) is 17.1. The highest BCUT2D eigenvalue weighted by atomic mass is 19.4. The van der Waals surface area contributed by atoms with Crippen molar-refractivity contribution in [3.8, 4) is 22.3 Å². The Labute approximate surface area is 178 Å². The summed E-state index contributed by atoms with van der Waals surface area (Å²) >= 11 is 0. The molecule has 0 spiro atoms. The van der Waals surface area contributed by atoms with Gasteiger partial charge >= 0.3 is 12.1 Å². The lowest BCUT2D eigenvalue weighted by Crippen LogP contribution is -2.14. The standard InChI is InChI=1S/C25H22F4O2/c1-15(2)11-23(24(30)31)20-13-18(16-3-7-21(8-4-16)25(27,28)29)12-19(14-20)17-5-9-22(26)10-6-17/h3-10,12-15,23H,11H2,1-2H3,(H,30,31). The molecule has 3 aromatic rings. The van der Waals surface area contributed by atoms with E-state index >= 15 is 0 Å². The predicted octanol–water partition coefficient (Wildman–Crippen LogP) is 7.39. The van der Waals surface area contributed by atoms with E-state index in [9.17, 15) is 27.5 Å². The zero-order valence-electron chi connectivity index (χ0n) is 17.1. The van der Waals surface area contributed by atoms with Crippen LogP contribution in [0.3, 0.4) is 0 Å². The summed E-state index contributed by atoms with van der Waals surface area (Å²) in [5, 5.41) is 9.79. The maximum atomic E-state index is 13.4. The van der Waals surface area contributed by atoms with Gasteiger partial charge in [0.25, 0.3) is 0 Å². The van der Waals surface area contributed by atoms with E-state index in [4.69, 9.17) is 0 Å². The fraction of sp³-hybridized carbons (Fsp3) is 0.240. The van der Waals surface area contributed by atoms with Crippen LogP contribution in [-0.2, 0) is 11.0 Å². The second-order valence-corrected chi connectivity index (χ2v) is 7.95. The van der Waals surface area contributed by atoms with Gasteiger partial charge in [0.05, 0.1) is 11.5 Å². The molecule has 0 saturated heterocycles. The zero-order chi connectivity index (χ0) is 22.8. The van der Waals surface area contributed by atoms with Crippen LogP contribution in [-0.4, -0.2) is 11.1 Å². The summed E-state index contributed by atoms with van der Waals surface area (Å²) in [4.78, 5) is 12.0. The number of alkyl halides is 3. The summed E-state index contributed by atoms with van der Waals surface area (Å²) < 4.78 is 52.1. The Morgan fingerprint density at radius 3 is 1.74 bits per heavy atom. The molecule has 0 fully saturated rings. The SMILES string of the molecule is CC(C)CC(C(=O)O)c1cc(-c2ccc(F)cc2)cc(-c2ccc(C(F)(F)F)cc2)c1. The molecule has 3 aromatic carbocycles. The third kappa shape index (κ3) is 5.51. The van der Waals surface area contributed by atoms with Crippen molar-refractivity contribution in [2.24, 2.45) is 5.92 Å². The Bertz CT molecular complexity index is 1050. The Morgan fingerprint density at radius 1 is 0.839 bits per heavy atom. The Morgan fingerprint density at radius 2 is 1.32 bits per heavy atom. The first-order valence-corrected chi connectivity index (χ1v) is 9.86. The molecule has 0 heterocycles. The van der Waals surface area contributed by atoms with Crippen molar-refractivity contribution in [3.05, 3.63) is 83.7 Å². The van der Waals surface area contributed by atoms with Crippen molar-refractivity contribution in [1.82, 2.24) is 0 Å². The fourth-order valence-corrected chi connectivity index (χ4v) is 3.53. The number of rotatable bonds is 6. The van der Waals surface area contributed by atoms with Gasteiger partial charge in [-0.1, -0.05) is 50.2 Å². The normalized spacial score (nSPS) is 12.7. The minimum Gasteiger partial charge on any atom is -0.481 e. The van der Waals surface area contributed by atoms with Gasteiger partial charge < -0.3 is 5.11 Å². The molecule has 0 aliphatic heterocycles. The van der Waals surface area contributed by atoms with E-state index in [1.807, 2.05) is 13.8 Å². The van der Waals surface area contributed by atoms with Gasteiger partial charge in [0.15, 0.2) is 0 Å². The van der Waals surface area contributed by atoms with Crippen LogP contribution in [0, 0.1) is 11.7 Å². The van der Waals surface area contributed by atoms with Crippen molar-refractivity contribution >= 4 is 5.97 Å². The molecule has 162 valence electrons. The van der Waals surface area contributed by atoms with Gasteiger partial charge in [-0.3, -0.25) is 4.79 Å². The maximum Gasteiger partial charge on any atom is 0.416 e. The van der Waals surface area contributed by atoms with Gasteiger partial charge in [0, 0.05) is 0 Å². The molecular weight excluding hydrogens is 408 g/mol. The molecule has 0 amide bonds. The minimum absolute atomic E-state index is 0.130. The number of carboxylic acids is 1. The van der Waals surface area contributed by atoms with Crippen molar-refractivity contribution in [3.63, 3.8) is 0 Å². The van der Waals surface area contributed by atoms with Crippen molar-refractivity contribution in [2.75, 3.05) is 0 Å². The van der Waals surface area contributed by atoms with Crippen LogP contribution in [0.15, 0.2) is 66.7 Å². The summed E-state index contributed by atoms with van der Waals surface area (Å²) in [6.07, 6.45) is -4.03. The highest BCUT2D eigenvalue weighted by molar-refractivity contribution is 5.80. The highest BCUT2D eigenvalue weighted by Crippen LogP contribution is 2.35. The van der Waals surface area contributed by atoms with Gasteiger partial charge in [0.1, 0.15) is 5.82 Å². The summed E-state index contributed by atoms with van der Waals surface area (Å²) in [5.74, 6) is -2.01. The molecule has 1 unspecified atom stereocenters. The average Bonchev–Trinajstić information content (AvgIpc) is 2.71. The second kappa shape index (κ2) is 8.92. The first kappa shape index (κ1) is 22.5. The van der Waals surface area contributed by atoms with E-state index in [0.29, 0.717) is 34.2 Å². The third-order valence-electron chi connectivity index (χ3n) is 5.09. The van der Waals surface area contributed by atoms with Crippen molar-refractivity contribution in [1.29, 1.82) is 0 Å². The molecule has 1 atom stereocenters. The molecule has 2 nitrogen and oxygen atoms in total. The molecule has 0 aliphatic carbocycles. The number of halogens is 4. The van der Waals surface area contributed by atoms with Crippen LogP contribution < -0.4 is 0 Å². The van der Waals surface area contributed by atoms with E-state index in [1.165, 1.54) is 24.3 Å². The van der Waals surface area contributed by atoms with Crippen molar-refractivity contribution in [2.45, 2.75) is 32.4 Å². The minimum atomic E-state index is -4.44. The van der Waals surface area contributed by atoms with Crippen molar-refractivity contribution < 1.29 is 27.5 Å². The second-order valence-electron chi connectivity index (χ2n) is 7.95. The van der Waals surface area contributed by atoms with E-state index in [1.54, 1.807) is 30.3 Å². The summed E-state index contributed by atoms with van der Waals surface area (Å²) in [5.41, 5.74) is 2.28. The van der Waals surface area contributed by atoms with E-state index in [0.717, 1.165) is 12.1 Å². The lowest BCUT2D eigenvalue weighted by Gasteiger charge is -2.18. The molecule has 0 aliphatic rings. The first-order valence-electron chi connectivity index (χ1n) is 9.86. The quantitative estimate of drug-likeness (QED) is 0.414. The largest absolute Gasteiger partial charge is 0.481 e. The number of carboxylic acid groups (broad SMARTS) is 1. The number of aliphatic carboxylic acids is 1. The first-order chi connectivity index (χ1) is 14.5. The molecule has 0 radical (unpaired) electrons. The van der Waals surface area contributed by atoms with E-state index in [2.05, 4.69) is 0 Å². The Balaban J connectivity index is 2.14. The Hall–Kier alpha value is -3.15. The lowest BCUT2D eigenvalue weighted by molar-refractivity contribution is -0.139. The molecule has 6 heteroatoms. The molecule has 0 saturated carbocycles. The van der Waals surface area contributed by atoms with Crippen LogP contribution in [0.4, 0.5) is 17.6 Å². The van der Waals surface area contributed by atoms with Crippen LogP contribution in [0.2, 0.25) is 0 Å². The highest BCUT2D eigenvalue weighted by Gasteiger charge is 2.30. The smallest absolute Gasteiger partial charge is 0.416 e. The third-order valence-corrected chi connectivity index (χ3v) is 5.09. The van der Waals surface area contributed by atoms with Gasteiger partial charge in [-0.2, -0.15) is 13.2 Å². The molecular formula is C25H22F4O2. The summed E-state index contributed by atoms with van der Waals surface area (Å²) in [6.45, 7) is 3.85. The fourth-order valence-electron chi connectivity index (χ4n) is 3.53. The van der Waals surface area contributed by atoms with Crippen LogP contribution in [0.25, 0.3) is 22.3 Å². The molecule has 1 N–H and O–H groups in total. The number of hydrogen-bond donors (Lipinski definition) is 1. The van der Waals surface area contributed by atoms with Crippen LogP contribution in [0.5, 0.6) is 0 Å². The summed E-state index contributed by atoms with van der Waals surface area (Å²) in [6, 6.07) is 15.8. The maximum absolute atomic E-state index is 13.4. The summed E-state index contributed by atoms with van der Waals surface area (Å²) in [7, 11) is 0. The number of benzene rings is 3. The molecule has 0 aromatic heterocycles. The van der Waals surface area contributed by atoms with E-state index in [-0.39, 0.29) is 5.92 Å². The monoisotopic (exact) mass is 430 g/mol. The van der Waals surface area contributed by atoms with Gasteiger partial charge in [-0.25, -0.2) is 4.39 Å². The molecule has 0 bridgehead atoms. The molecule has 31 heavy (non-hydrogen) atoms. The van der Waals surface area contributed by atoms with Gasteiger partial charge in [-0.15, -0.1) is 0 Å². The Kier molecular flexibility index (Phi) is 6.48. The average molecular weight is 430 g/mol. The number of carbonyl (C=O) groups is 1. The van der Waals surface area contributed by atoms with Crippen LogP contribution >= 0.6 is 0 Å². The predicted molar refractivity (Wildman–Crippen MR) is 112 cm³/mol. The lowest BCUT2D eigenvalue weighted by atomic mass is 9.86. The molecule has 3 rings (SSSR count). The number of hydrogen-bond acceptors (Lipinski definition) is 1. The van der Waals surface area contributed by atoms with Gasteiger partial charge in [0.2, 0.25) is 0 Å². The van der Waals surface area contributed by atoms with E-state index < -0.39 is 29.4 Å². The topological polar surface area (TPSA) is 37.3 Å². The van der Waals surface area contributed by atoms with Crippen LogP contribution in [0.1, 0.15) is 37.3 Å². The van der Waals surface area contributed by atoms with Gasteiger partial charge in [-0.05, 0) is 70.5 Å².